The quantitative estimate of drug-likeness (QED) is 0.518. The van der Waals surface area contributed by atoms with Crippen LogP contribution in [0.15, 0.2) is 0 Å². The van der Waals surface area contributed by atoms with Gasteiger partial charge in [0.05, 0.1) is 0 Å². The molecular weight excluding hydrogens is 156 g/mol. The summed E-state index contributed by atoms with van der Waals surface area (Å²) in [5.41, 5.74) is -0.109. The summed E-state index contributed by atoms with van der Waals surface area (Å²) in [5, 5.41) is 0. The van der Waals surface area contributed by atoms with E-state index >= 15 is 0 Å². The van der Waals surface area contributed by atoms with Gasteiger partial charge in [0, 0.05) is 21.3 Å². The number of carbonyl (C=O) groups is 1. The van der Waals surface area contributed by atoms with E-state index in [9.17, 15) is 4.79 Å². The largest absolute Gasteiger partial charge is 0.298 e. The van der Waals surface area contributed by atoms with Gasteiger partial charge >= 0.3 is 0 Å². The number of ketones is 1. The average Bonchev–Trinajstić information content (AvgIpc) is 2.64. The Labute approximate surface area is 71.9 Å². The Balaban J connectivity index is 2.41. The second-order valence-corrected chi connectivity index (χ2v) is 5.97. The molecule has 0 aromatic rings. The van der Waals surface area contributed by atoms with Gasteiger partial charge < -0.3 is 0 Å². The molecule has 0 bridgehead atoms. The molecule has 1 saturated carbocycles. The molecule has 1 saturated heterocycles. The molecule has 2 rings (SSSR count). The molecule has 1 aliphatic heterocycles. The van der Waals surface area contributed by atoms with Gasteiger partial charge in [-0.3, -0.25) is 4.79 Å². The predicted octanol–water partition coefficient (Wildman–Crippen LogP) is 2.11. The summed E-state index contributed by atoms with van der Waals surface area (Å²) in [6.45, 7) is 8.34. The Morgan fingerprint density at radius 1 is 1.18 bits per heavy atom. The van der Waals surface area contributed by atoms with Crippen molar-refractivity contribution in [2.75, 3.05) is 5.75 Å². The van der Waals surface area contributed by atoms with Crippen LogP contribution in [-0.2, 0) is 4.79 Å². The van der Waals surface area contributed by atoms with Gasteiger partial charge in [-0.2, -0.15) is 11.8 Å². The maximum Gasteiger partial charge on any atom is 0.146 e. The molecule has 2 fully saturated rings. The summed E-state index contributed by atoms with van der Waals surface area (Å²) in [5.74, 6) is 1.62. The molecule has 0 unspecified atom stereocenters. The van der Waals surface area contributed by atoms with Gasteiger partial charge in [0.2, 0.25) is 0 Å². The highest BCUT2D eigenvalue weighted by Gasteiger charge is 2.78. The Morgan fingerprint density at radius 2 is 1.55 bits per heavy atom. The number of Topliss-reactive ketones (excluding diaryl/α,β-unsaturated/α-hetero) is 1. The summed E-state index contributed by atoms with van der Waals surface area (Å²) in [7, 11) is 0. The second-order valence-electron chi connectivity index (χ2n) is 4.69. The number of thioether (sulfide) groups is 1. The van der Waals surface area contributed by atoms with Crippen molar-refractivity contribution in [2.24, 2.45) is 10.8 Å². The van der Waals surface area contributed by atoms with Gasteiger partial charge in [0.15, 0.2) is 0 Å². The van der Waals surface area contributed by atoms with E-state index in [0.717, 1.165) is 0 Å². The van der Waals surface area contributed by atoms with Crippen LogP contribution in [0.4, 0.5) is 0 Å². The first-order chi connectivity index (χ1) is 4.86. The standard InChI is InChI=1S/C9H14OS/c1-7(2)6(10)8(3,4)9(7)5-11-9/h5H2,1-4H3. The molecule has 0 aromatic heterocycles. The van der Waals surface area contributed by atoms with Crippen molar-refractivity contribution in [3.63, 3.8) is 0 Å². The van der Waals surface area contributed by atoms with Crippen molar-refractivity contribution in [1.29, 1.82) is 0 Å². The second kappa shape index (κ2) is 1.54. The first-order valence-corrected chi connectivity index (χ1v) is 5.04. The Morgan fingerprint density at radius 3 is 1.73 bits per heavy atom. The normalized spacial score (nSPS) is 35.1. The summed E-state index contributed by atoms with van der Waals surface area (Å²) < 4.78 is 0.303. The van der Waals surface area contributed by atoms with Crippen molar-refractivity contribution < 1.29 is 4.79 Å². The minimum absolute atomic E-state index is 0.0544. The Kier molecular flexibility index (Phi) is 1.07. The van der Waals surface area contributed by atoms with Gasteiger partial charge in [0.1, 0.15) is 5.78 Å². The van der Waals surface area contributed by atoms with E-state index in [0.29, 0.717) is 10.5 Å². The molecule has 0 amide bonds. The fourth-order valence-electron chi connectivity index (χ4n) is 2.66. The number of rotatable bonds is 0. The van der Waals surface area contributed by atoms with E-state index in [1.165, 1.54) is 5.75 Å². The van der Waals surface area contributed by atoms with E-state index in [1.54, 1.807) is 0 Å². The van der Waals surface area contributed by atoms with Gasteiger partial charge in [-0.1, -0.05) is 27.7 Å². The SMILES string of the molecule is CC1(C)C(=O)C(C)(C)C12CS2. The minimum atomic E-state index is -0.0544. The topological polar surface area (TPSA) is 17.1 Å². The maximum atomic E-state index is 11.6. The van der Waals surface area contributed by atoms with Gasteiger partial charge in [-0.25, -0.2) is 0 Å². The zero-order chi connectivity index (χ0) is 8.49. The number of hydrogen-bond acceptors (Lipinski definition) is 2. The lowest BCUT2D eigenvalue weighted by Gasteiger charge is -2.55. The van der Waals surface area contributed by atoms with Crippen molar-refractivity contribution in [3.05, 3.63) is 0 Å². The van der Waals surface area contributed by atoms with E-state index in [1.807, 2.05) is 11.8 Å². The molecule has 1 aliphatic carbocycles. The Bertz CT molecular complexity index is 216. The molecule has 0 N–H and O–H groups in total. The van der Waals surface area contributed by atoms with Gasteiger partial charge in [-0.05, 0) is 0 Å². The average molecular weight is 170 g/mol. The highest BCUT2D eigenvalue weighted by atomic mass is 32.2. The van der Waals surface area contributed by atoms with Crippen LogP contribution >= 0.6 is 11.8 Å². The number of carbonyl (C=O) groups excluding carboxylic acids is 1. The van der Waals surface area contributed by atoms with Gasteiger partial charge in [-0.15, -0.1) is 0 Å². The minimum Gasteiger partial charge on any atom is -0.298 e. The smallest absolute Gasteiger partial charge is 0.146 e. The molecule has 0 aromatic carbocycles. The summed E-state index contributed by atoms with van der Waals surface area (Å²) in [6.07, 6.45) is 0. The van der Waals surface area contributed by atoms with Crippen molar-refractivity contribution in [2.45, 2.75) is 32.4 Å². The lowest BCUT2D eigenvalue weighted by atomic mass is 9.47. The van der Waals surface area contributed by atoms with E-state index < -0.39 is 0 Å². The van der Waals surface area contributed by atoms with Gasteiger partial charge in [0.25, 0.3) is 0 Å². The summed E-state index contributed by atoms with van der Waals surface area (Å²) in [6, 6.07) is 0. The summed E-state index contributed by atoms with van der Waals surface area (Å²) in [4.78, 5) is 11.6. The third kappa shape index (κ3) is 0.526. The zero-order valence-corrected chi connectivity index (χ0v) is 8.34. The van der Waals surface area contributed by atoms with Crippen LogP contribution in [0, 0.1) is 10.8 Å². The van der Waals surface area contributed by atoms with Crippen LogP contribution in [0.25, 0.3) is 0 Å². The van der Waals surface area contributed by atoms with Crippen LogP contribution in [0.1, 0.15) is 27.7 Å². The third-order valence-electron chi connectivity index (χ3n) is 3.59. The third-order valence-corrected chi connectivity index (χ3v) is 5.47. The van der Waals surface area contributed by atoms with E-state index in [2.05, 4.69) is 27.7 Å². The molecule has 62 valence electrons. The monoisotopic (exact) mass is 170 g/mol. The zero-order valence-electron chi connectivity index (χ0n) is 7.52. The van der Waals surface area contributed by atoms with Crippen molar-refractivity contribution in [1.82, 2.24) is 0 Å². The van der Waals surface area contributed by atoms with Crippen molar-refractivity contribution in [3.8, 4) is 0 Å². The molecule has 2 heteroatoms. The fraction of sp³-hybridized carbons (Fsp3) is 0.889. The maximum absolute atomic E-state index is 11.6. The predicted molar refractivity (Wildman–Crippen MR) is 47.8 cm³/mol. The molecule has 1 heterocycles. The van der Waals surface area contributed by atoms with Crippen LogP contribution in [-0.4, -0.2) is 16.3 Å². The number of hydrogen-bond donors (Lipinski definition) is 0. The molecule has 0 radical (unpaired) electrons. The van der Waals surface area contributed by atoms with Crippen LogP contribution in [0.2, 0.25) is 0 Å². The van der Waals surface area contributed by atoms with Crippen LogP contribution < -0.4 is 0 Å². The van der Waals surface area contributed by atoms with Crippen LogP contribution in [0.3, 0.4) is 0 Å². The molecule has 2 aliphatic rings. The molecule has 1 spiro atoms. The molecule has 0 atom stereocenters. The Hall–Kier alpha value is 0.0200. The van der Waals surface area contributed by atoms with Crippen LogP contribution in [0.5, 0.6) is 0 Å². The molecule has 1 nitrogen and oxygen atoms in total. The van der Waals surface area contributed by atoms with E-state index in [4.69, 9.17) is 0 Å². The fourth-order valence-corrected chi connectivity index (χ4v) is 4.43. The van der Waals surface area contributed by atoms with E-state index in [-0.39, 0.29) is 10.8 Å². The first kappa shape index (κ1) is 7.66. The first-order valence-electron chi connectivity index (χ1n) is 4.05. The lowest BCUT2D eigenvalue weighted by molar-refractivity contribution is -0.155. The van der Waals surface area contributed by atoms with Crippen molar-refractivity contribution >= 4 is 17.5 Å². The highest BCUT2D eigenvalue weighted by molar-refractivity contribution is 8.08. The lowest BCUT2D eigenvalue weighted by Crippen LogP contribution is -2.66. The highest BCUT2D eigenvalue weighted by Crippen LogP contribution is 2.74. The molecular formula is C9H14OS. The summed E-state index contributed by atoms with van der Waals surface area (Å²) >= 11 is 1.95. The molecule has 11 heavy (non-hydrogen) atoms.